The average Bonchev–Trinajstić information content (AvgIpc) is 2.16. The first-order valence-corrected chi connectivity index (χ1v) is 4.46. The van der Waals surface area contributed by atoms with Gasteiger partial charge in [0.05, 0.1) is 0 Å². The zero-order valence-electron chi connectivity index (χ0n) is 8.60. The first kappa shape index (κ1) is 10.6. The summed E-state index contributed by atoms with van der Waals surface area (Å²) >= 11 is 0. The molecule has 1 aromatic carbocycles. The third-order valence-corrected chi connectivity index (χ3v) is 1.98. The van der Waals surface area contributed by atoms with Gasteiger partial charge in [0.1, 0.15) is 5.83 Å². The van der Waals surface area contributed by atoms with Gasteiger partial charge in [-0.05, 0) is 26.3 Å². The summed E-state index contributed by atoms with van der Waals surface area (Å²) < 4.78 is 13.4. The van der Waals surface area contributed by atoms with E-state index < -0.39 is 0 Å². The van der Waals surface area contributed by atoms with E-state index in [1.807, 2.05) is 0 Å². The molecule has 14 heavy (non-hydrogen) atoms. The molecule has 0 N–H and O–H groups in total. The second-order valence-electron chi connectivity index (χ2n) is 3.45. The number of carbonyl (C=O) groups excluding carboxylic acids is 1. The number of allylic oxidation sites excluding steroid dienone is 1. The molecule has 0 amide bonds. The lowest BCUT2D eigenvalue weighted by Gasteiger charge is -2.01. The van der Waals surface area contributed by atoms with Gasteiger partial charge in [-0.3, -0.25) is 4.79 Å². The van der Waals surface area contributed by atoms with E-state index in [4.69, 9.17) is 0 Å². The number of rotatable bonds is 2. The Morgan fingerprint density at radius 1 is 1.00 bits per heavy atom. The van der Waals surface area contributed by atoms with E-state index in [2.05, 4.69) is 0 Å². The zero-order chi connectivity index (χ0) is 10.7. The molecule has 0 saturated heterocycles. The number of hydrogen-bond acceptors (Lipinski definition) is 1. The summed E-state index contributed by atoms with van der Waals surface area (Å²) in [7, 11) is 0. The number of Topliss-reactive ketones (excluding diaryl/α,β-unsaturated/α-hetero) is 1. The molecule has 1 aromatic rings. The maximum absolute atomic E-state index is 13.4. The molecule has 0 bridgehead atoms. The number of ketones is 1. The number of hydrogen-bond donors (Lipinski definition) is 0. The fourth-order valence-corrected chi connectivity index (χ4v) is 1.14. The lowest BCUT2D eigenvalue weighted by Crippen LogP contribution is -1.91. The van der Waals surface area contributed by atoms with Crippen LogP contribution in [0.2, 0.25) is 0 Å². The number of halogens is 1. The molecular weight excluding hydrogens is 179 g/mol. The molecule has 2 heteroatoms. The fourth-order valence-electron chi connectivity index (χ4n) is 1.14. The molecule has 0 aliphatic rings. The monoisotopic (exact) mass is 192 g/mol. The highest BCUT2D eigenvalue weighted by atomic mass is 19.1. The Morgan fingerprint density at radius 3 is 1.79 bits per heavy atom. The smallest absolute Gasteiger partial charge is 0.159 e. The van der Waals surface area contributed by atoms with Crippen LogP contribution in [0.25, 0.3) is 5.83 Å². The predicted molar refractivity (Wildman–Crippen MR) is 55.8 cm³/mol. The van der Waals surface area contributed by atoms with Gasteiger partial charge in [-0.2, -0.15) is 0 Å². The Labute approximate surface area is 83.3 Å². The van der Waals surface area contributed by atoms with Crippen LogP contribution in [0.1, 0.15) is 36.7 Å². The van der Waals surface area contributed by atoms with E-state index in [-0.39, 0.29) is 11.6 Å². The Hall–Kier alpha value is -1.44. The van der Waals surface area contributed by atoms with Gasteiger partial charge in [-0.25, -0.2) is 4.39 Å². The Bertz CT molecular complexity index is 370. The van der Waals surface area contributed by atoms with Crippen LogP contribution in [0.15, 0.2) is 29.8 Å². The average molecular weight is 192 g/mol. The Kier molecular flexibility index (Phi) is 3.18. The van der Waals surface area contributed by atoms with Crippen LogP contribution in [0.5, 0.6) is 0 Å². The van der Waals surface area contributed by atoms with Crippen molar-refractivity contribution in [2.75, 3.05) is 0 Å². The van der Waals surface area contributed by atoms with Crippen molar-refractivity contribution in [3.63, 3.8) is 0 Å². The van der Waals surface area contributed by atoms with Gasteiger partial charge >= 0.3 is 0 Å². The third kappa shape index (κ3) is 2.28. The van der Waals surface area contributed by atoms with E-state index in [1.54, 1.807) is 38.1 Å². The molecule has 0 aliphatic carbocycles. The molecule has 0 aromatic heterocycles. The van der Waals surface area contributed by atoms with Gasteiger partial charge in [0.15, 0.2) is 5.78 Å². The second kappa shape index (κ2) is 4.18. The van der Waals surface area contributed by atoms with E-state index in [0.717, 1.165) is 0 Å². The van der Waals surface area contributed by atoms with Gasteiger partial charge < -0.3 is 0 Å². The van der Waals surface area contributed by atoms with Crippen LogP contribution >= 0.6 is 0 Å². The second-order valence-corrected chi connectivity index (χ2v) is 3.45. The van der Waals surface area contributed by atoms with E-state index in [1.165, 1.54) is 6.92 Å². The minimum absolute atomic E-state index is 0.00541. The van der Waals surface area contributed by atoms with E-state index >= 15 is 0 Å². The van der Waals surface area contributed by atoms with Crippen molar-refractivity contribution < 1.29 is 9.18 Å². The molecule has 0 unspecified atom stereocenters. The lowest BCUT2D eigenvalue weighted by atomic mass is 10.1. The molecule has 0 heterocycles. The summed E-state index contributed by atoms with van der Waals surface area (Å²) in [6.45, 7) is 4.93. The summed E-state index contributed by atoms with van der Waals surface area (Å²) in [5.74, 6) is -0.228. The molecule has 1 rings (SSSR count). The largest absolute Gasteiger partial charge is 0.295 e. The lowest BCUT2D eigenvalue weighted by molar-refractivity contribution is 0.101. The SMILES string of the molecule is CC(=O)c1ccc(C(F)=C(C)C)cc1. The van der Waals surface area contributed by atoms with Crippen molar-refractivity contribution in [2.45, 2.75) is 20.8 Å². The predicted octanol–water partition coefficient (Wildman–Crippen LogP) is 3.61. The molecule has 1 nitrogen and oxygen atoms in total. The Balaban J connectivity index is 3.06. The highest BCUT2D eigenvalue weighted by Gasteiger charge is 2.03. The van der Waals surface area contributed by atoms with Crippen LogP contribution in [0.4, 0.5) is 4.39 Å². The van der Waals surface area contributed by atoms with Crippen LogP contribution in [0, 0.1) is 0 Å². The molecular formula is C12H13FO. The van der Waals surface area contributed by atoms with Gasteiger partial charge in [0.25, 0.3) is 0 Å². The van der Waals surface area contributed by atoms with Crippen LogP contribution in [0.3, 0.4) is 0 Å². The summed E-state index contributed by atoms with van der Waals surface area (Å²) in [5, 5.41) is 0. The summed E-state index contributed by atoms with van der Waals surface area (Å²) in [6.07, 6.45) is 0. The molecule has 0 radical (unpaired) electrons. The number of benzene rings is 1. The topological polar surface area (TPSA) is 17.1 Å². The standard InChI is InChI=1S/C12H13FO/c1-8(2)12(13)11-6-4-10(5-7-11)9(3)14/h4-7H,1-3H3. The molecule has 0 aliphatic heterocycles. The third-order valence-electron chi connectivity index (χ3n) is 1.98. The summed E-state index contributed by atoms with van der Waals surface area (Å²) in [5.41, 5.74) is 1.77. The fraction of sp³-hybridized carbons (Fsp3) is 0.250. The Morgan fingerprint density at radius 2 is 1.43 bits per heavy atom. The van der Waals surface area contributed by atoms with Crippen LogP contribution < -0.4 is 0 Å². The van der Waals surface area contributed by atoms with E-state index in [0.29, 0.717) is 16.7 Å². The van der Waals surface area contributed by atoms with Gasteiger partial charge in [0, 0.05) is 11.1 Å². The molecule has 0 spiro atoms. The minimum atomic E-state index is -0.222. The first-order chi connectivity index (χ1) is 6.52. The van der Waals surface area contributed by atoms with Crippen molar-refractivity contribution in [1.29, 1.82) is 0 Å². The van der Waals surface area contributed by atoms with Crippen molar-refractivity contribution in [3.05, 3.63) is 41.0 Å². The van der Waals surface area contributed by atoms with Crippen molar-refractivity contribution in [3.8, 4) is 0 Å². The van der Waals surface area contributed by atoms with Crippen LogP contribution in [-0.2, 0) is 0 Å². The summed E-state index contributed by atoms with van der Waals surface area (Å²) in [6, 6.07) is 6.53. The minimum Gasteiger partial charge on any atom is -0.295 e. The van der Waals surface area contributed by atoms with Crippen molar-refractivity contribution in [2.24, 2.45) is 0 Å². The maximum atomic E-state index is 13.4. The van der Waals surface area contributed by atoms with Gasteiger partial charge in [-0.15, -0.1) is 0 Å². The molecule has 0 fully saturated rings. The molecule has 74 valence electrons. The molecule has 0 atom stereocenters. The van der Waals surface area contributed by atoms with E-state index in [9.17, 15) is 9.18 Å². The quantitative estimate of drug-likeness (QED) is 0.654. The van der Waals surface area contributed by atoms with Gasteiger partial charge in [-0.1, -0.05) is 24.3 Å². The normalized spacial score (nSPS) is 9.71. The highest BCUT2D eigenvalue weighted by molar-refractivity contribution is 5.94. The van der Waals surface area contributed by atoms with Crippen LogP contribution in [-0.4, -0.2) is 5.78 Å². The highest BCUT2D eigenvalue weighted by Crippen LogP contribution is 2.20. The summed E-state index contributed by atoms with van der Waals surface area (Å²) in [4.78, 5) is 11.0. The molecule has 0 saturated carbocycles. The first-order valence-electron chi connectivity index (χ1n) is 4.46. The van der Waals surface area contributed by atoms with Crippen molar-refractivity contribution >= 4 is 11.6 Å². The number of carbonyl (C=O) groups is 1. The van der Waals surface area contributed by atoms with Gasteiger partial charge in [0.2, 0.25) is 0 Å². The maximum Gasteiger partial charge on any atom is 0.159 e. The zero-order valence-corrected chi connectivity index (χ0v) is 8.60. The van der Waals surface area contributed by atoms with Crippen molar-refractivity contribution in [1.82, 2.24) is 0 Å².